The number of carbonyl (C=O) groups excluding carboxylic acids is 2. The number of carbonyl (C=O) groups is 2. The van der Waals surface area contributed by atoms with Gasteiger partial charge >= 0.3 is 0 Å². The zero-order valence-electron chi connectivity index (χ0n) is 14.1. The van der Waals surface area contributed by atoms with Gasteiger partial charge in [0.1, 0.15) is 11.5 Å². The van der Waals surface area contributed by atoms with E-state index in [0.29, 0.717) is 28.7 Å². The first-order valence-corrected chi connectivity index (χ1v) is 8.26. The predicted octanol–water partition coefficient (Wildman–Crippen LogP) is 3.34. The van der Waals surface area contributed by atoms with Gasteiger partial charge < -0.3 is 10.2 Å². The Kier molecular flexibility index (Phi) is 3.75. The molecule has 27 heavy (non-hydrogen) atoms. The van der Waals surface area contributed by atoms with Crippen molar-refractivity contribution in [3.05, 3.63) is 93.5 Å². The average Bonchev–Trinajstić information content (AvgIpc) is 2.67. The Hall–Kier alpha value is -3.91. The van der Waals surface area contributed by atoms with Crippen molar-refractivity contribution in [3.63, 3.8) is 0 Å². The second-order valence-corrected chi connectivity index (χ2v) is 6.33. The minimum atomic E-state index is -0.503. The van der Waals surface area contributed by atoms with Gasteiger partial charge in [0.25, 0.3) is 0 Å². The number of fused-ring (bicyclic) bond motifs is 2. The van der Waals surface area contributed by atoms with E-state index in [2.05, 4.69) is 0 Å². The number of rotatable bonds is 2. The lowest BCUT2D eigenvalue weighted by Crippen LogP contribution is -2.17. The second kappa shape index (κ2) is 6.11. The molecule has 1 aliphatic carbocycles. The number of phenols is 2. The number of nitriles is 1. The first-order chi connectivity index (χ1) is 13.0. The maximum Gasteiger partial charge on any atom is 0.201 e. The molecule has 0 fully saturated rings. The second-order valence-electron chi connectivity index (χ2n) is 6.33. The molecule has 4 rings (SSSR count). The largest absolute Gasteiger partial charge is 0.507 e. The minimum Gasteiger partial charge on any atom is -0.507 e. The number of benzene rings is 3. The summed E-state index contributed by atoms with van der Waals surface area (Å²) in [5, 5.41) is 29.6. The molecular formula is C22H13NO4. The van der Waals surface area contributed by atoms with Crippen molar-refractivity contribution in [2.24, 2.45) is 0 Å². The van der Waals surface area contributed by atoms with E-state index in [4.69, 9.17) is 5.26 Å². The summed E-state index contributed by atoms with van der Waals surface area (Å²) in [6, 6.07) is 16.0. The van der Waals surface area contributed by atoms with E-state index in [1.807, 2.05) is 6.07 Å². The van der Waals surface area contributed by atoms with Crippen LogP contribution in [0.3, 0.4) is 0 Å². The smallest absolute Gasteiger partial charge is 0.201 e. The molecule has 130 valence electrons. The molecule has 1 aliphatic rings. The lowest BCUT2D eigenvalue weighted by atomic mass is 9.82. The monoisotopic (exact) mass is 355 g/mol. The summed E-state index contributed by atoms with van der Waals surface area (Å²) in [7, 11) is 0. The van der Waals surface area contributed by atoms with Crippen LogP contribution in [0.15, 0.2) is 54.6 Å². The Labute approximate surface area is 154 Å². The van der Waals surface area contributed by atoms with Crippen molar-refractivity contribution in [2.75, 3.05) is 0 Å². The van der Waals surface area contributed by atoms with Crippen LogP contribution in [0, 0.1) is 11.3 Å². The third-order valence-electron chi connectivity index (χ3n) is 4.75. The summed E-state index contributed by atoms with van der Waals surface area (Å²) >= 11 is 0. The molecule has 0 aromatic heterocycles. The minimum absolute atomic E-state index is 0.00526. The van der Waals surface area contributed by atoms with Crippen molar-refractivity contribution in [1.82, 2.24) is 0 Å². The van der Waals surface area contributed by atoms with Crippen LogP contribution in [0.25, 0.3) is 0 Å². The van der Waals surface area contributed by atoms with Crippen LogP contribution >= 0.6 is 0 Å². The highest BCUT2D eigenvalue weighted by Gasteiger charge is 2.31. The molecule has 0 saturated heterocycles. The molecule has 0 spiro atoms. The maximum absolute atomic E-state index is 12.9. The van der Waals surface area contributed by atoms with Gasteiger partial charge in [0.15, 0.2) is 5.78 Å². The summed E-state index contributed by atoms with van der Waals surface area (Å²) in [5.41, 5.74) is 2.21. The van der Waals surface area contributed by atoms with Gasteiger partial charge in [0, 0.05) is 5.56 Å². The molecule has 3 aromatic carbocycles. The highest BCUT2D eigenvalue weighted by atomic mass is 16.3. The van der Waals surface area contributed by atoms with Crippen molar-refractivity contribution in [2.45, 2.75) is 6.42 Å². The molecule has 5 nitrogen and oxygen atoms in total. The fraction of sp³-hybridized carbons (Fsp3) is 0.0455. The molecule has 3 aromatic rings. The van der Waals surface area contributed by atoms with Gasteiger partial charge in [0.2, 0.25) is 5.78 Å². The molecule has 5 heteroatoms. The maximum atomic E-state index is 12.9. The van der Waals surface area contributed by atoms with Gasteiger partial charge in [-0.1, -0.05) is 18.2 Å². The number of ketones is 2. The topological polar surface area (TPSA) is 98.4 Å². The van der Waals surface area contributed by atoms with E-state index in [1.54, 1.807) is 18.2 Å². The van der Waals surface area contributed by atoms with Gasteiger partial charge in [-0.3, -0.25) is 9.59 Å². The van der Waals surface area contributed by atoms with E-state index in [-0.39, 0.29) is 28.2 Å². The lowest BCUT2D eigenvalue weighted by Gasteiger charge is -2.21. The van der Waals surface area contributed by atoms with Gasteiger partial charge in [-0.05, 0) is 53.9 Å². The molecule has 0 amide bonds. The molecule has 0 aliphatic heterocycles. The van der Waals surface area contributed by atoms with Crippen molar-refractivity contribution >= 4 is 11.6 Å². The highest BCUT2D eigenvalue weighted by molar-refractivity contribution is 6.19. The van der Waals surface area contributed by atoms with Crippen LogP contribution in [0.4, 0.5) is 0 Å². The molecular weight excluding hydrogens is 342 g/mol. The van der Waals surface area contributed by atoms with Gasteiger partial charge in [0.05, 0.1) is 28.3 Å². The molecule has 0 saturated carbocycles. The quantitative estimate of drug-likeness (QED) is 0.537. The van der Waals surface area contributed by atoms with E-state index in [9.17, 15) is 19.8 Å². The SMILES string of the molecule is N#Cc1ccc(C(=O)c2ccc3c(c2O)C(=O)c2c(O)cccc2C3)cc1. The van der Waals surface area contributed by atoms with Crippen LogP contribution in [-0.4, -0.2) is 21.8 Å². The van der Waals surface area contributed by atoms with Gasteiger partial charge in [-0.15, -0.1) is 0 Å². The first kappa shape index (κ1) is 16.6. The number of hydrogen-bond acceptors (Lipinski definition) is 5. The van der Waals surface area contributed by atoms with E-state index in [0.717, 1.165) is 0 Å². The number of hydrogen-bond donors (Lipinski definition) is 2. The van der Waals surface area contributed by atoms with Crippen molar-refractivity contribution < 1.29 is 19.8 Å². The predicted molar refractivity (Wildman–Crippen MR) is 97.0 cm³/mol. The van der Waals surface area contributed by atoms with Gasteiger partial charge in [-0.2, -0.15) is 5.26 Å². The Balaban J connectivity index is 1.81. The number of aromatic hydroxyl groups is 2. The summed E-state index contributed by atoms with van der Waals surface area (Å²) in [6.45, 7) is 0. The Morgan fingerprint density at radius 1 is 0.926 bits per heavy atom. The average molecular weight is 355 g/mol. The van der Waals surface area contributed by atoms with Crippen molar-refractivity contribution in [1.29, 1.82) is 5.26 Å². The van der Waals surface area contributed by atoms with Crippen molar-refractivity contribution in [3.8, 4) is 17.6 Å². The Bertz CT molecular complexity index is 1150. The molecule has 0 radical (unpaired) electrons. The zero-order chi connectivity index (χ0) is 19.1. The molecule has 0 bridgehead atoms. The summed E-state index contributed by atoms with van der Waals surface area (Å²) in [5.74, 6) is -1.49. The van der Waals surface area contributed by atoms with Crippen LogP contribution in [0.5, 0.6) is 11.5 Å². The standard InChI is InChI=1S/C22H13NO4/c23-11-12-4-6-13(7-5-12)20(25)16-9-8-15-10-14-2-1-3-17(24)18(14)22(27)19(15)21(16)26/h1-9,24,26H,10H2. The summed E-state index contributed by atoms with van der Waals surface area (Å²) in [4.78, 5) is 25.6. The zero-order valence-corrected chi connectivity index (χ0v) is 14.1. The number of phenolic OH excluding ortho intramolecular Hbond substituents is 2. The Morgan fingerprint density at radius 3 is 2.33 bits per heavy atom. The lowest BCUT2D eigenvalue weighted by molar-refractivity contribution is 0.102. The summed E-state index contributed by atoms with van der Waals surface area (Å²) < 4.78 is 0. The molecule has 0 atom stereocenters. The van der Waals surface area contributed by atoms with E-state index >= 15 is 0 Å². The fourth-order valence-corrected chi connectivity index (χ4v) is 3.39. The third kappa shape index (κ3) is 2.55. The molecule has 0 unspecified atom stereocenters. The van der Waals surface area contributed by atoms with E-state index in [1.165, 1.54) is 36.4 Å². The summed E-state index contributed by atoms with van der Waals surface area (Å²) in [6.07, 6.45) is 0.379. The van der Waals surface area contributed by atoms with Crippen LogP contribution in [0.2, 0.25) is 0 Å². The van der Waals surface area contributed by atoms with E-state index < -0.39 is 11.6 Å². The van der Waals surface area contributed by atoms with Crippen LogP contribution < -0.4 is 0 Å². The van der Waals surface area contributed by atoms with Crippen LogP contribution in [-0.2, 0) is 6.42 Å². The third-order valence-corrected chi connectivity index (χ3v) is 4.75. The Morgan fingerprint density at radius 2 is 1.63 bits per heavy atom. The fourth-order valence-electron chi connectivity index (χ4n) is 3.39. The number of nitrogens with zero attached hydrogens (tertiary/aromatic N) is 1. The highest BCUT2D eigenvalue weighted by Crippen LogP contribution is 2.38. The first-order valence-electron chi connectivity index (χ1n) is 8.26. The van der Waals surface area contributed by atoms with Gasteiger partial charge in [-0.25, -0.2) is 0 Å². The molecule has 2 N–H and O–H groups in total. The molecule has 0 heterocycles. The normalized spacial score (nSPS) is 12.0. The van der Waals surface area contributed by atoms with Crippen LogP contribution in [0.1, 0.15) is 48.5 Å².